The summed E-state index contributed by atoms with van der Waals surface area (Å²) in [4.78, 5) is 44.0. The number of hydrogen-bond acceptors (Lipinski definition) is 5. The van der Waals surface area contributed by atoms with Gasteiger partial charge < -0.3 is 15.5 Å². The fourth-order valence-corrected chi connectivity index (χ4v) is 3.95. The topological polar surface area (TPSA) is 109 Å². The molecule has 1 aromatic carbocycles. The van der Waals surface area contributed by atoms with Gasteiger partial charge >= 0.3 is 6.03 Å². The number of amides is 4. The molecule has 2 aliphatic heterocycles. The number of aromatic nitrogens is 2. The van der Waals surface area contributed by atoms with Crippen LogP contribution in [-0.2, 0) is 29.1 Å². The number of benzene rings is 1. The zero-order valence-corrected chi connectivity index (χ0v) is 18.6. The summed E-state index contributed by atoms with van der Waals surface area (Å²) in [5, 5.41) is 10.3. The SMILES string of the molecule is CC(=O)NCC1Cn2nc3c(c2C(=O)N(C)O1)CN(C(=O)Nc1cc(Cl)c(F)cc1F)CC3. The summed E-state index contributed by atoms with van der Waals surface area (Å²) in [7, 11) is 1.46. The second-order valence-electron chi connectivity index (χ2n) is 7.77. The van der Waals surface area contributed by atoms with Gasteiger partial charge in [0.15, 0.2) is 0 Å². The predicted octanol–water partition coefficient (Wildman–Crippen LogP) is 1.93. The summed E-state index contributed by atoms with van der Waals surface area (Å²) in [5.74, 6) is -2.55. The van der Waals surface area contributed by atoms with Crippen LogP contribution in [0.2, 0.25) is 5.02 Å². The van der Waals surface area contributed by atoms with Gasteiger partial charge in [0.25, 0.3) is 5.91 Å². The molecular formula is C20H21ClF2N6O4. The third-order valence-corrected chi connectivity index (χ3v) is 5.68. The van der Waals surface area contributed by atoms with Crippen LogP contribution in [0.3, 0.4) is 0 Å². The van der Waals surface area contributed by atoms with Crippen molar-refractivity contribution in [1.29, 1.82) is 0 Å². The number of carbonyl (C=O) groups excluding carboxylic acids is 3. The van der Waals surface area contributed by atoms with Gasteiger partial charge in [-0.05, 0) is 6.07 Å². The van der Waals surface area contributed by atoms with Gasteiger partial charge in [-0.2, -0.15) is 5.10 Å². The zero-order chi connectivity index (χ0) is 23.9. The van der Waals surface area contributed by atoms with Gasteiger partial charge in [0.05, 0.1) is 29.5 Å². The Labute approximate surface area is 192 Å². The number of anilines is 1. The van der Waals surface area contributed by atoms with E-state index >= 15 is 0 Å². The van der Waals surface area contributed by atoms with Gasteiger partial charge in [-0.25, -0.2) is 18.6 Å². The van der Waals surface area contributed by atoms with E-state index < -0.39 is 29.7 Å². The van der Waals surface area contributed by atoms with Crippen LogP contribution >= 0.6 is 11.6 Å². The van der Waals surface area contributed by atoms with Crippen molar-refractivity contribution in [3.05, 3.63) is 45.7 Å². The van der Waals surface area contributed by atoms with Gasteiger partial charge in [0.1, 0.15) is 23.4 Å². The van der Waals surface area contributed by atoms with Gasteiger partial charge in [0.2, 0.25) is 5.91 Å². The average molecular weight is 483 g/mol. The summed E-state index contributed by atoms with van der Waals surface area (Å²) in [6, 6.07) is 0.961. The third kappa shape index (κ3) is 4.62. The molecule has 10 nitrogen and oxygen atoms in total. The number of carbonyl (C=O) groups is 3. The Balaban J connectivity index is 1.55. The molecule has 0 saturated heterocycles. The van der Waals surface area contributed by atoms with Crippen molar-refractivity contribution in [2.24, 2.45) is 0 Å². The van der Waals surface area contributed by atoms with E-state index in [1.165, 1.54) is 23.6 Å². The first kappa shape index (κ1) is 22.9. The van der Waals surface area contributed by atoms with Crippen molar-refractivity contribution < 1.29 is 28.0 Å². The first-order valence-electron chi connectivity index (χ1n) is 10.1. The molecule has 3 heterocycles. The first-order chi connectivity index (χ1) is 15.6. The highest BCUT2D eigenvalue weighted by molar-refractivity contribution is 6.31. The van der Waals surface area contributed by atoms with Crippen molar-refractivity contribution in [3.63, 3.8) is 0 Å². The molecule has 4 amide bonds. The molecule has 1 atom stereocenters. The highest BCUT2D eigenvalue weighted by atomic mass is 35.5. The van der Waals surface area contributed by atoms with Crippen LogP contribution < -0.4 is 10.6 Å². The van der Waals surface area contributed by atoms with Gasteiger partial charge in [0, 0.05) is 45.1 Å². The molecule has 2 aromatic rings. The molecule has 0 aliphatic carbocycles. The van der Waals surface area contributed by atoms with E-state index in [-0.39, 0.29) is 48.5 Å². The minimum atomic E-state index is -0.957. The standard InChI is InChI=1S/C20H21ClF2N6O4/c1-10(30)24-7-11-8-29-18(19(31)27(2)33-11)12-9-28(4-3-16(12)26-29)20(32)25-17-5-13(21)14(22)6-15(17)23/h5-6,11H,3-4,7-9H2,1-2H3,(H,24,30)(H,25,32). The second-order valence-corrected chi connectivity index (χ2v) is 8.18. The first-order valence-corrected chi connectivity index (χ1v) is 10.5. The summed E-state index contributed by atoms with van der Waals surface area (Å²) >= 11 is 5.69. The summed E-state index contributed by atoms with van der Waals surface area (Å²) in [6.07, 6.45) is -0.139. The number of fused-ring (bicyclic) bond motifs is 3. The number of halogens is 3. The lowest BCUT2D eigenvalue weighted by atomic mass is 10.1. The largest absolute Gasteiger partial charge is 0.354 e. The Hall–Kier alpha value is -3.25. The minimum Gasteiger partial charge on any atom is -0.354 e. The molecule has 13 heteroatoms. The molecule has 0 radical (unpaired) electrons. The molecule has 176 valence electrons. The maximum absolute atomic E-state index is 14.0. The van der Waals surface area contributed by atoms with Gasteiger partial charge in [-0.15, -0.1) is 0 Å². The Morgan fingerprint density at radius 3 is 2.79 bits per heavy atom. The Morgan fingerprint density at radius 2 is 2.06 bits per heavy atom. The van der Waals surface area contributed by atoms with E-state index in [1.807, 2.05) is 0 Å². The van der Waals surface area contributed by atoms with E-state index in [1.54, 1.807) is 0 Å². The molecule has 1 aromatic heterocycles. The van der Waals surface area contributed by atoms with Crippen LogP contribution in [0.25, 0.3) is 0 Å². The monoisotopic (exact) mass is 482 g/mol. The lowest BCUT2D eigenvalue weighted by molar-refractivity contribution is -0.148. The molecule has 2 N–H and O–H groups in total. The van der Waals surface area contributed by atoms with E-state index in [2.05, 4.69) is 15.7 Å². The van der Waals surface area contributed by atoms with Crippen LogP contribution in [0.15, 0.2) is 12.1 Å². The quantitative estimate of drug-likeness (QED) is 0.650. The van der Waals surface area contributed by atoms with E-state index in [0.29, 0.717) is 23.7 Å². The molecule has 0 bridgehead atoms. The predicted molar refractivity (Wildman–Crippen MR) is 112 cm³/mol. The molecule has 1 unspecified atom stereocenters. The number of rotatable bonds is 3. The number of hydrogen-bond donors (Lipinski definition) is 2. The lowest BCUT2D eigenvalue weighted by Gasteiger charge is -2.27. The Kier molecular flexibility index (Phi) is 6.21. The van der Waals surface area contributed by atoms with Crippen molar-refractivity contribution in [3.8, 4) is 0 Å². The number of nitrogens with zero attached hydrogens (tertiary/aromatic N) is 4. The summed E-state index contributed by atoms with van der Waals surface area (Å²) in [6.45, 7) is 2.14. The third-order valence-electron chi connectivity index (χ3n) is 5.39. The Morgan fingerprint density at radius 1 is 1.30 bits per heavy atom. The number of nitrogens with one attached hydrogen (secondary N) is 2. The molecular weight excluding hydrogens is 462 g/mol. The molecule has 0 fully saturated rings. The maximum atomic E-state index is 14.0. The summed E-state index contributed by atoms with van der Waals surface area (Å²) < 4.78 is 28.9. The fraction of sp³-hybridized carbons (Fsp3) is 0.400. The molecule has 0 spiro atoms. The fourth-order valence-electron chi connectivity index (χ4n) is 3.79. The Bertz CT molecular complexity index is 1140. The van der Waals surface area contributed by atoms with Crippen molar-refractivity contribution in [2.45, 2.75) is 32.5 Å². The van der Waals surface area contributed by atoms with Crippen molar-refractivity contribution >= 4 is 35.1 Å². The van der Waals surface area contributed by atoms with E-state index in [4.69, 9.17) is 16.4 Å². The van der Waals surface area contributed by atoms with Crippen LogP contribution in [0.1, 0.15) is 28.7 Å². The van der Waals surface area contributed by atoms with Gasteiger partial charge in [-0.3, -0.25) is 19.1 Å². The van der Waals surface area contributed by atoms with Crippen LogP contribution in [0.5, 0.6) is 0 Å². The van der Waals surface area contributed by atoms with Crippen molar-refractivity contribution in [1.82, 2.24) is 25.1 Å². The smallest absolute Gasteiger partial charge is 0.322 e. The van der Waals surface area contributed by atoms with Gasteiger partial charge in [-0.1, -0.05) is 11.6 Å². The van der Waals surface area contributed by atoms with Crippen LogP contribution in [0.4, 0.5) is 19.3 Å². The number of hydroxylamine groups is 2. The van der Waals surface area contributed by atoms with Crippen molar-refractivity contribution in [2.75, 3.05) is 25.5 Å². The number of urea groups is 1. The molecule has 33 heavy (non-hydrogen) atoms. The maximum Gasteiger partial charge on any atom is 0.322 e. The molecule has 2 aliphatic rings. The van der Waals surface area contributed by atoms with E-state index in [9.17, 15) is 23.2 Å². The highest BCUT2D eigenvalue weighted by Crippen LogP contribution is 2.28. The normalized spacial score (nSPS) is 17.8. The minimum absolute atomic E-state index is 0.0585. The second kappa shape index (κ2) is 8.94. The summed E-state index contributed by atoms with van der Waals surface area (Å²) in [5.41, 5.74) is 1.27. The van der Waals surface area contributed by atoms with E-state index in [0.717, 1.165) is 11.1 Å². The highest BCUT2D eigenvalue weighted by Gasteiger charge is 2.35. The lowest BCUT2D eigenvalue weighted by Crippen LogP contribution is -2.40. The zero-order valence-electron chi connectivity index (χ0n) is 17.8. The molecule has 0 saturated carbocycles. The van der Waals surface area contributed by atoms with Crippen LogP contribution in [0, 0.1) is 11.6 Å². The molecule has 4 rings (SSSR count). The average Bonchev–Trinajstić information content (AvgIpc) is 3.06. The van der Waals surface area contributed by atoms with Crippen LogP contribution in [-0.4, -0.2) is 63.8 Å².